The fourth-order valence-corrected chi connectivity index (χ4v) is 1.25. The number of rotatable bonds is 2. The maximum atomic E-state index is 5.77. The van der Waals surface area contributed by atoms with Gasteiger partial charge in [0.15, 0.2) is 0 Å². The number of nitrogens with zero attached hydrogens (tertiary/aromatic N) is 2. The van der Waals surface area contributed by atoms with Gasteiger partial charge in [0.25, 0.3) is 0 Å². The Labute approximate surface area is 93.3 Å². The summed E-state index contributed by atoms with van der Waals surface area (Å²) in [6.07, 6.45) is 5.27. The number of hydrogen-bond donors (Lipinski definition) is 0. The lowest BCUT2D eigenvalue weighted by Crippen LogP contribution is -1.80. The SMILES string of the molecule is Clc1ccc(N=Cc2cccnc2)cc1. The van der Waals surface area contributed by atoms with Crippen molar-refractivity contribution in [2.24, 2.45) is 4.99 Å². The molecule has 3 heteroatoms. The zero-order valence-electron chi connectivity index (χ0n) is 7.97. The Morgan fingerprint density at radius 3 is 2.60 bits per heavy atom. The fraction of sp³-hybridized carbons (Fsp3) is 0. The molecule has 0 atom stereocenters. The molecule has 15 heavy (non-hydrogen) atoms. The average Bonchev–Trinajstić information content (AvgIpc) is 2.30. The van der Waals surface area contributed by atoms with Crippen LogP contribution in [0.5, 0.6) is 0 Å². The molecule has 74 valence electrons. The minimum absolute atomic E-state index is 0.718. The average molecular weight is 217 g/mol. The molecule has 0 fully saturated rings. The van der Waals surface area contributed by atoms with Crippen molar-refractivity contribution >= 4 is 23.5 Å². The maximum Gasteiger partial charge on any atom is 0.0630 e. The van der Waals surface area contributed by atoms with Crippen molar-refractivity contribution in [2.75, 3.05) is 0 Å². The van der Waals surface area contributed by atoms with Gasteiger partial charge in [0.1, 0.15) is 0 Å². The molecule has 1 aromatic carbocycles. The van der Waals surface area contributed by atoms with E-state index in [-0.39, 0.29) is 0 Å². The van der Waals surface area contributed by atoms with Crippen molar-refractivity contribution in [1.82, 2.24) is 4.98 Å². The first-order valence-corrected chi connectivity index (χ1v) is 4.92. The number of pyridine rings is 1. The fourth-order valence-electron chi connectivity index (χ4n) is 1.13. The monoisotopic (exact) mass is 216 g/mol. The third-order valence-corrected chi connectivity index (χ3v) is 2.13. The highest BCUT2D eigenvalue weighted by Gasteiger charge is 1.89. The summed E-state index contributed by atoms with van der Waals surface area (Å²) in [6.45, 7) is 0. The van der Waals surface area contributed by atoms with Crippen molar-refractivity contribution in [3.05, 3.63) is 59.4 Å². The molecule has 0 saturated heterocycles. The molecule has 0 aliphatic heterocycles. The van der Waals surface area contributed by atoms with Gasteiger partial charge in [-0.15, -0.1) is 0 Å². The summed E-state index contributed by atoms with van der Waals surface area (Å²) in [5.74, 6) is 0. The lowest BCUT2D eigenvalue weighted by atomic mass is 10.3. The summed E-state index contributed by atoms with van der Waals surface area (Å²) in [4.78, 5) is 8.29. The third kappa shape index (κ3) is 2.89. The molecule has 2 nitrogen and oxygen atoms in total. The second-order valence-electron chi connectivity index (χ2n) is 3.02. The first kappa shape index (κ1) is 9.87. The Balaban J connectivity index is 2.15. The number of aromatic nitrogens is 1. The van der Waals surface area contributed by atoms with E-state index in [0.29, 0.717) is 0 Å². The summed E-state index contributed by atoms with van der Waals surface area (Å²) in [5, 5.41) is 0.718. The normalized spacial score (nSPS) is 10.7. The maximum absolute atomic E-state index is 5.77. The highest BCUT2D eigenvalue weighted by molar-refractivity contribution is 6.30. The quantitative estimate of drug-likeness (QED) is 0.706. The van der Waals surface area contributed by atoms with Gasteiger partial charge in [-0.1, -0.05) is 17.7 Å². The molecule has 0 saturated carbocycles. The summed E-state index contributed by atoms with van der Waals surface area (Å²) < 4.78 is 0. The Bertz CT molecular complexity index is 449. The van der Waals surface area contributed by atoms with Crippen LogP contribution in [0.4, 0.5) is 5.69 Å². The minimum atomic E-state index is 0.718. The van der Waals surface area contributed by atoms with E-state index < -0.39 is 0 Å². The molecule has 0 aliphatic rings. The number of aliphatic imine (C=N–C) groups is 1. The largest absolute Gasteiger partial charge is 0.264 e. The van der Waals surface area contributed by atoms with E-state index in [1.807, 2.05) is 36.4 Å². The summed E-state index contributed by atoms with van der Waals surface area (Å²) in [5.41, 5.74) is 1.86. The molecule has 1 heterocycles. The molecule has 0 N–H and O–H groups in total. The van der Waals surface area contributed by atoms with E-state index in [1.54, 1.807) is 18.6 Å². The van der Waals surface area contributed by atoms with Gasteiger partial charge < -0.3 is 0 Å². The molecule has 0 radical (unpaired) electrons. The van der Waals surface area contributed by atoms with E-state index in [9.17, 15) is 0 Å². The molecular formula is C12H9ClN2. The number of halogens is 1. The van der Waals surface area contributed by atoms with Gasteiger partial charge in [-0.3, -0.25) is 9.98 Å². The van der Waals surface area contributed by atoms with Crippen LogP contribution in [0.1, 0.15) is 5.56 Å². The molecule has 0 spiro atoms. The Hall–Kier alpha value is -1.67. The van der Waals surface area contributed by atoms with Crippen molar-refractivity contribution < 1.29 is 0 Å². The van der Waals surface area contributed by atoms with Crippen LogP contribution in [-0.2, 0) is 0 Å². The van der Waals surface area contributed by atoms with Gasteiger partial charge in [-0.05, 0) is 30.3 Å². The highest BCUT2D eigenvalue weighted by Crippen LogP contribution is 2.15. The van der Waals surface area contributed by atoms with Crippen LogP contribution in [0.25, 0.3) is 0 Å². The van der Waals surface area contributed by atoms with Gasteiger partial charge in [0.05, 0.1) is 5.69 Å². The van der Waals surface area contributed by atoms with Crippen molar-refractivity contribution in [3.8, 4) is 0 Å². The predicted octanol–water partition coefficient (Wildman–Crippen LogP) is 3.49. The molecule has 1 aromatic heterocycles. The van der Waals surface area contributed by atoms with Crippen molar-refractivity contribution in [2.45, 2.75) is 0 Å². The van der Waals surface area contributed by atoms with Crippen molar-refractivity contribution in [3.63, 3.8) is 0 Å². The Morgan fingerprint density at radius 1 is 1.13 bits per heavy atom. The summed E-state index contributed by atoms with van der Waals surface area (Å²) in [7, 11) is 0. The van der Waals surface area contributed by atoms with Crippen LogP contribution < -0.4 is 0 Å². The van der Waals surface area contributed by atoms with Crippen LogP contribution in [0.2, 0.25) is 5.02 Å². The molecule has 0 unspecified atom stereocenters. The Morgan fingerprint density at radius 2 is 1.93 bits per heavy atom. The second kappa shape index (κ2) is 4.71. The Kier molecular flexibility index (Phi) is 3.10. The lowest BCUT2D eigenvalue weighted by Gasteiger charge is -1.93. The first-order chi connectivity index (χ1) is 7.34. The molecular weight excluding hydrogens is 208 g/mol. The number of benzene rings is 1. The zero-order valence-corrected chi connectivity index (χ0v) is 8.72. The first-order valence-electron chi connectivity index (χ1n) is 4.54. The molecule has 2 aromatic rings. The number of hydrogen-bond acceptors (Lipinski definition) is 2. The van der Waals surface area contributed by atoms with E-state index in [0.717, 1.165) is 16.3 Å². The molecule has 2 rings (SSSR count). The van der Waals surface area contributed by atoms with E-state index in [1.165, 1.54) is 0 Å². The van der Waals surface area contributed by atoms with Gasteiger partial charge in [0.2, 0.25) is 0 Å². The van der Waals surface area contributed by atoms with Gasteiger partial charge >= 0.3 is 0 Å². The van der Waals surface area contributed by atoms with E-state index in [2.05, 4.69) is 9.98 Å². The predicted molar refractivity (Wildman–Crippen MR) is 62.9 cm³/mol. The minimum Gasteiger partial charge on any atom is -0.264 e. The summed E-state index contributed by atoms with van der Waals surface area (Å²) >= 11 is 5.77. The highest BCUT2D eigenvalue weighted by atomic mass is 35.5. The second-order valence-corrected chi connectivity index (χ2v) is 3.46. The van der Waals surface area contributed by atoms with Crippen LogP contribution in [-0.4, -0.2) is 11.2 Å². The third-order valence-electron chi connectivity index (χ3n) is 1.87. The molecule has 0 bridgehead atoms. The topological polar surface area (TPSA) is 25.2 Å². The van der Waals surface area contributed by atoms with Crippen LogP contribution in [0.3, 0.4) is 0 Å². The van der Waals surface area contributed by atoms with Crippen LogP contribution >= 0.6 is 11.6 Å². The van der Waals surface area contributed by atoms with Crippen molar-refractivity contribution in [1.29, 1.82) is 0 Å². The van der Waals surface area contributed by atoms with E-state index >= 15 is 0 Å². The van der Waals surface area contributed by atoms with Gasteiger partial charge in [0, 0.05) is 29.2 Å². The lowest BCUT2D eigenvalue weighted by molar-refractivity contribution is 1.32. The summed E-state index contributed by atoms with van der Waals surface area (Å²) in [6, 6.07) is 11.2. The van der Waals surface area contributed by atoms with Crippen LogP contribution in [0, 0.1) is 0 Å². The van der Waals surface area contributed by atoms with Gasteiger partial charge in [-0.2, -0.15) is 0 Å². The zero-order chi connectivity index (χ0) is 10.5. The molecule has 0 amide bonds. The van der Waals surface area contributed by atoms with Gasteiger partial charge in [-0.25, -0.2) is 0 Å². The smallest absolute Gasteiger partial charge is 0.0630 e. The van der Waals surface area contributed by atoms with E-state index in [4.69, 9.17) is 11.6 Å². The van der Waals surface area contributed by atoms with Crippen LogP contribution in [0.15, 0.2) is 53.8 Å². The standard InChI is InChI=1S/C12H9ClN2/c13-11-3-5-12(6-4-11)15-9-10-2-1-7-14-8-10/h1-9H. The molecule has 0 aliphatic carbocycles.